The van der Waals surface area contributed by atoms with Crippen LogP contribution in [0.1, 0.15) is 29.8 Å². The first-order valence-electron chi connectivity index (χ1n) is 10.0. The van der Waals surface area contributed by atoms with Crippen molar-refractivity contribution in [3.63, 3.8) is 0 Å². The number of hydrogen-bond acceptors (Lipinski definition) is 6. The van der Waals surface area contributed by atoms with Crippen LogP contribution in [-0.4, -0.2) is 43.7 Å². The molecule has 2 aromatic rings. The largest absolute Gasteiger partial charge is 0.445 e. The number of amides is 2. The number of ether oxygens (including phenoxy) is 1. The van der Waals surface area contributed by atoms with Gasteiger partial charge in [-0.2, -0.15) is 0 Å². The second-order valence-electron chi connectivity index (χ2n) is 7.12. The Bertz CT molecular complexity index is 916. The van der Waals surface area contributed by atoms with Gasteiger partial charge in [0.25, 0.3) is 0 Å². The van der Waals surface area contributed by atoms with Crippen molar-refractivity contribution in [2.24, 2.45) is 0 Å². The van der Waals surface area contributed by atoms with Crippen molar-refractivity contribution in [2.75, 3.05) is 20.8 Å². The van der Waals surface area contributed by atoms with E-state index in [1.807, 2.05) is 36.4 Å². The van der Waals surface area contributed by atoms with Crippen LogP contribution in [0.2, 0.25) is 0 Å². The summed E-state index contributed by atoms with van der Waals surface area (Å²) in [5.74, 6) is -1.43. The molecular weight excluding hydrogens is 419 g/mol. The van der Waals surface area contributed by atoms with E-state index in [1.54, 1.807) is 24.3 Å². The minimum Gasteiger partial charge on any atom is -0.445 e. The Morgan fingerprint density at radius 2 is 1.68 bits per heavy atom. The third-order valence-electron chi connectivity index (χ3n) is 5.21. The Labute approximate surface area is 182 Å². The fraction of sp³-hybridized carbons (Fsp3) is 0.364. The van der Waals surface area contributed by atoms with Crippen LogP contribution in [0.5, 0.6) is 0 Å². The lowest BCUT2D eigenvalue weighted by Crippen LogP contribution is -2.47. The summed E-state index contributed by atoms with van der Waals surface area (Å²) < 4.78 is 28.8. The van der Waals surface area contributed by atoms with Gasteiger partial charge >= 0.3 is 13.7 Å². The Morgan fingerprint density at radius 1 is 1.06 bits per heavy atom. The first kappa shape index (κ1) is 23.0. The van der Waals surface area contributed by atoms with Gasteiger partial charge in [0.05, 0.1) is 0 Å². The summed E-state index contributed by atoms with van der Waals surface area (Å²) in [5, 5.41) is 2.77. The highest BCUT2D eigenvalue weighted by atomic mass is 31.2. The number of benzene rings is 2. The van der Waals surface area contributed by atoms with Crippen molar-refractivity contribution < 1.29 is 27.9 Å². The third kappa shape index (κ3) is 5.53. The highest BCUT2D eigenvalue weighted by Gasteiger charge is 2.41. The molecule has 0 bridgehead atoms. The van der Waals surface area contributed by atoms with Gasteiger partial charge in [0.1, 0.15) is 12.6 Å². The number of hydrogen-bond donors (Lipinski definition) is 1. The summed E-state index contributed by atoms with van der Waals surface area (Å²) in [6.45, 7) is 0.535. The van der Waals surface area contributed by atoms with E-state index in [0.717, 1.165) is 5.56 Å². The number of likely N-dealkylation sites (tertiary alicyclic amines) is 1. The van der Waals surface area contributed by atoms with Gasteiger partial charge in [-0.1, -0.05) is 60.7 Å². The van der Waals surface area contributed by atoms with Crippen LogP contribution in [0.15, 0.2) is 60.7 Å². The van der Waals surface area contributed by atoms with E-state index in [2.05, 4.69) is 5.32 Å². The van der Waals surface area contributed by atoms with Crippen LogP contribution in [0.4, 0.5) is 4.79 Å². The van der Waals surface area contributed by atoms with Gasteiger partial charge in [0, 0.05) is 20.8 Å². The zero-order valence-corrected chi connectivity index (χ0v) is 18.5. The summed E-state index contributed by atoms with van der Waals surface area (Å²) in [4.78, 5) is 27.1. The zero-order chi connectivity index (χ0) is 22.3. The zero-order valence-electron chi connectivity index (χ0n) is 17.6. The summed E-state index contributed by atoms with van der Waals surface area (Å²) >= 11 is 0. The Kier molecular flexibility index (Phi) is 7.85. The molecule has 0 aliphatic carbocycles. The molecule has 2 amide bonds. The van der Waals surface area contributed by atoms with Crippen LogP contribution in [0, 0.1) is 0 Å². The molecule has 8 nitrogen and oxygen atoms in total. The van der Waals surface area contributed by atoms with E-state index in [-0.39, 0.29) is 6.61 Å². The molecule has 3 rings (SSSR count). The molecule has 2 atom stereocenters. The molecule has 31 heavy (non-hydrogen) atoms. The molecule has 1 fully saturated rings. The average Bonchev–Trinajstić information content (AvgIpc) is 3.32. The monoisotopic (exact) mass is 446 g/mol. The van der Waals surface area contributed by atoms with Gasteiger partial charge in [-0.25, -0.2) is 4.79 Å². The van der Waals surface area contributed by atoms with Crippen molar-refractivity contribution >= 4 is 19.6 Å². The van der Waals surface area contributed by atoms with Gasteiger partial charge in [-0.3, -0.25) is 14.3 Å². The van der Waals surface area contributed by atoms with Crippen LogP contribution < -0.4 is 5.32 Å². The molecule has 0 spiro atoms. The SMILES string of the molecule is COP(=O)(OC)C(NC(=O)[C@@H]1CCCN1C(=O)OCc1ccccc1)c1ccccc1. The summed E-state index contributed by atoms with van der Waals surface area (Å²) in [7, 11) is -1.12. The van der Waals surface area contributed by atoms with Crippen molar-refractivity contribution in [1.82, 2.24) is 10.2 Å². The summed E-state index contributed by atoms with van der Waals surface area (Å²) in [5.41, 5.74) is 1.44. The number of rotatable bonds is 8. The van der Waals surface area contributed by atoms with Gasteiger partial charge in [0.2, 0.25) is 5.91 Å². The highest BCUT2D eigenvalue weighted by molar-refractivity contribution is 7.54. The lowest BCUT2D eigenvalue weighted by atomic mass is 10.2. The van der Waals surface area contributed by atoms with Crippen molar-refractivity contribution in [3.8, 4) is 0 Å². The number of nitrogens with one attached hydrogen (secondary N) is 1. The lowest BCUT2D eigenvalue weighted by Gasteiger charge is -2.29. The molecule has 2 aromatic carbocycles. The van der Waals surface area contributed by atoms with E-state index >= 15 is 0 Å². The second kappa shape index (κ2) is 10.6. The van der Waals surface area contributed by atoms with Crippen LogP contribution >= 0.6 is 7.60 Å². The molecule has 166 valence electrons. The fourth-order valence-electron chi connectivity index (χ4n) is 3.56. The molecule has 0 aromatic heterocycles. The number of nitrogens with zero attached hydrogens (tertiary/aromatic N) is 1. The maximum atomic E-state index is 13.1. The van der Waals surface area contributed by atoms with E-state index in [4.69, 9.17) is 13.8 Å². The molecule has 0 saturated carbocycles. The fourth-order valence-corrected chi connectivity index (χ4v) is 4.95. The third-order valence-corrected chi connectivity index (χ3v) is 7.29. The van der Waals surface area contributed by atoms with Crippen LogP contribution in [0.3, 0.4) is 0 Å². The van der Waals surface area contributed by atoms with Gasteiger partial charge < -0.3 is 19.1 Å². The predicted molar refractivity (Wildman–Crippen MR) is 115 cm³/mol. The summed E-state index contributed by atoms with van der Waals surface area (Å²) in [6, 6.07) is 17.4. The average molecular weight is 446 g/mol. The number of carbonyl (C=O) groups excluding carboxylic acids is 2. The Hall–Kier alpha value is -2.67. The smallest absolute Gasteiger partial charge is 0.410 e. The standard InChI is InChI=1S/C22H27N2O6P/c1-28-31(27,29-2)21(18-12-7-4-8-13-18)23-20(25)19-14-9-15-24(19)22(26)30-16-17-10-5-3-6-11-17/h3-8,10-13,19,21H,9,14-16H2,1-2H3,(H,23,25)/t19-,21?/m0/s1. The Morgan fingerprint density at radius 3 is 2.29 bits per heavy atom. The molecule has 1 aliphatic heterocycles. The minimum absolute atomic E-state index is 0.125. The number of carbonyl (C=O) groups is 2. The molecule has 0 radical (unpaired) electrons. The highest BCUT2D eigenvalue weighted by Crippen LogP contribution is 2.58. The van der Waals surface area contributed by atoms with Crippen molar-refractivity contribution in [2.45, 2.75) is 31.3 Å². The predicted octanol–water partition coefficient (Wildman–Crippen LogP) is 4.09. The van der Waals surface area contributed by atoms with E-state index in [0.29, 0.717) is 24.9 Å². The molecule has 1 aliphatic rings. The quantitative estimate of drug-likeness (QED) is 0.614. The van der Waals surface area contributed by atoms with E-state index in [1.165, 1.54) is 19.1 Å². The maximum Gasteiger partial charge on any atom is 0.410 e. The van der Waals surface area contributed by atoms with Crippen LogP contribution in [-0.2, 0) is 29.8 Å². The van der Waals surface area contributed by atoms with Gasteiger partial charge in [-0.05, 0) is 24.0 Å². The van der Waals surface area contributed by atoms with Gasteiger partial charge in [0.15, 0.2) is 5.78 Å². The van der Waals surface area contributed by atoms with Crippen molar-refractivity contribution in [1.29, 1.82) is 0 Å². The topological polar surface area (TPSA) is 94.2 Å². The molecule has 1 unspecified atom stereocenters. The van der Waals surface area contributed by atoms with Crippen LogP contribution in [0.25, 0.3) is 0 Å². The molecule has 1 heterocycles. The molecule has 1 saturated heterocycles. The molecule has 9 heteroatoms. The summed E-state index contributed by atoms with van der Waals surface area (Å²) in [6.07, 6.45) is 0.595. The molecule has 1 N–H and O–H groups in total. The van der Waals surface area contributed by atoms with E-state index < -0.39 is 31.4 Å². The minimum atomic E-state index is -3.67. The maximum absolute atomic E-state index is 13.1. The lowest BCUT2D eigenvalue weighted by molar-refractivity contribution is -0.125. The first-order chi connectivity index (χ1) is 15.0. The Balaban J connectivity index is 1.71. The van der Waals surface area contributed by atoms with Crippen molar-refractivity contribution in [3.05, 3.63) is 71.8 Å². The first-order valence-corrected chi connectivity index (χ1v) is 11.6. The van der Waals surface area contributed by atoms with E-state index in [9.17, 15) is 14.2 Å². The normalized spacial score (nSPS) is 17.2. The molecular formula is C22H27N2O6P. The van der Waals surface area contributed by atoms with Gasteiger partial charge in [-0.15, -0.1) is 0 Å². The second-order valence-corrected chi connectivity index (χ2v) is 9.44.